The zero-order valence-electron chi connectivity index (χ0n) is 16.1. The lowest BCUT2D eigenvalue weighted by atomic mass is 10.1. The van der Waals surface area contributed by atoms with Gasteiger partial charge < -0.3 is 14.4 Å². The van der Waals surface area contributed by atoms with Crippen LogP contribution in [-0.2, 0) is 6.18 Å². The van der Waals surface area contributed by atoms with Crippen molar-refractivity contribution in [1.29, 1.82) is 0 Å². The SMILES string of the molecule is CC.COc1cccc(F)c1-c1cc(SNc2cc(F)c(C(F)(F)F)cc2F)c[nH]1. The van der Waals surface area contributed by atoms with Gasteiger partial charge in [-0.3, -0.25) is 0 Å². The lowest BCUT2D eigenvalue weighted by molar-refractivity contribution is -0.140. The van der Waals surface area contributed by atoms with Gasteiger partial charge in [-0.2, -0.15) is 13.2 Å². The monoisotopic (exact) mass is 448 g/mol. The largest absolute Gasteiger partial charge is 0.496 e. The quantitative estimate of drug-likeness (QED) is 0.318. The van der Waals surface area contributed by atoms with Crippen LogP contribution in [-0.4, -0.2) is 12.1 Å². The van der Waals surface area contributed by atoms with Gasteiger partial charge in [0.2, 0.25) is 0 Å². The lowest BCUT2D eigenvalue weighted by Gasteiger charge is -2.11. The Labute approximate surface area is 173 Å². The molecular weight excluding hydrogens is 430 g/mol. The van der Waals surface area contributed by atoms with E-state index >= 15 is 0 Å². The van der Waals surface area contributed by atoms with Gasteiger partial charge in [-0.1, -0.05) is 19.9 Å². The molecule has 2 aromatic carbocycles. The van der Waals surface area contributed by atoms with Crippen LogP contribution in [0.3, 0.4) is 0 Å². The Hall–Kier alpha value is -2.75. The summed E-state index contributed by atoms with van der Waals surface area (Å²) in [5, 5.41) is 0. The molecular formula is C20H18F6N2OS. The predicted octanol–water partition coefficient (Wildman–Crippen LogP) is 7.27. The van der Waals surface area contributed by atoms with Gasteiger partial charge in [-0.15, -0.1) is 0 Å². The van der Waals surface area contributed by atoms with Crippen molar-refractivity contribution in [2.75, 3.05) is 11.8 Å². The number of aromatic nitrogens is 1. The molecule has 3 rings (SSSR count). The lowest BCUT2D eigenvalue weighted by Crippen LogP contribution is -2.09. The predicted molar refractivity (Wildman–Crippen MR) is 105 cm³/mol. The average Bonchev–Trinajstić information content (AvgIpc) is 3.17. The summed E-state index contributed by atoms with van der Waals surface area (Å²) >= 11 is 0.812. The first-order valence-electron chi connectivity index (χ1n) is 8.71. The molecule has 0 fully saturated rings. The van der Waals surface area contributed by atoms with Crippen LogP contribution in [0.2, 0.25) is 0 Å². The summed E-state index contributed by atoms with van der Waals surface area (Å²) in [6.45, 7) is 4.00. The number of halogens is 6. The summed E-state index contributed by atoms with van der Waals surface area (Å²) in [4.78, 5) is 3.29. The molecule has 0 unspecified atom stereocenters. The van der Waals surface area contributed by atoms with Crippen molar-refractivity contribution in [2.45, 2.75) is 24.9 Å². The van der Waals surface area contributed by atoms with Crippen LogP contribution >= 0.6 is 11.9 Å². The maximum absolute atomic E-state index is 14.1. The van der Waals surface area contributed by atoms with Crippen LogP contribution in [0.1, 0.15) is 19.4 Å². The van der Waals surface area contributed by atoms with Crippen molar-refractivity contribution in [3.05, 3.63) is 65.6 Å². The van der Waals surface area contributed by atoms with E-state index in [0.29, 0.717) is 22.4 Å². The van der Waals surface area contributed by atoms with Gasteiger partial charge >= 0.3 is 6.18 Å². The number of benzene rings is 2. The molecule has 0 spiro atoms. The fraction of sp³-hybridized carbons (Fsp3) is 0.200. The van der Waals surface area contributed by atoms with Crippen molar-refractivity contribution >= 4 is 17.6 Å². The van der Waals surface area contributed by atoms with Crippen molar-refractivity contribution < 1.29 is 31.1 Å². The van der Waals surface area contributed by atoms with Crippen LogP contribution in [0.5, 0.6) is 5.75 Å². The smallest absolute Gasteiger partial charge is 0.419 e. The van der Waals surface area contributed by atoms with Gasteiger partial charge in [0.15, 0.2) is 0 Å². The summed E-state index contributed by atoms with van der Waals surface area (Å²) in [6, 6.07) is 6.36. The number of rotatable bonds is 5. The van der Waals surface area contributed by atoms with Crippen molar-refractivity contribution in [2.24, 2.45) is 0 Å². The van der Waals surface area contributed by atoms with E-state index in [1.807, 2.05) is 13.8 Å². The second-order valence-corrected chi connectivity index (χ2v) is 6.46. The summed E-state index contributed by atoms with van der Waals surface area (Å²) in [5.41, 5.74) is -1.58. The van der Waals surface area contributed by atoms with E-state index in [1.54, 1.807) is 6.07 Å². The molecule has 10 heteroatoms. The van der Waals surface area contributed by atoms with E-state index in [9.17, 15) is 26.3 Å². The second kappa shape index (κ2) is 9.84. The van der Waals surface area contributed by atoms with E-state index in [4.69, 9.17) is 4.74 Å². The van der Waals surface area contributed by atoms with Crippen LogP contribution in [0.25, 0.3) is 11.3 Å². The molecule has 162 valence electrons. The molecule has 1 heterocycles. The molecule has 30 heavy (non-hydrogen) atoms. The highest BCUT2D eigenvalue weighted by Gasteiger charge is 2.35. The fourth-order valence-corrected chi connectivity index (χ4v) is 3.15. The Morgan fingerprint density at radius 2 is 1.67 bits per heavy atom. The third-order valence-corrected chi connectivity index (χ3v) is 4.56. The number of hydrogen-bond donors (Lipinski definition) is 2. The standard InChI is InChI=1S/C18H12F6N2OS.C2H6/c1-27-16-4-2-3-11(19)17(16)15-5-9(8-25-15)28-26-14-7-12(20)10(6-13(14)21)18(22,23)24;1-2/h2-8,25-26H,1H3;1-2H3. The molecule has 0 atom stereocenters. The van der Waals surface area contributed by atoms with Crippen LogP contribution in [0.15, 0.2) is 47.5 Å². The minimum atomic E-state index is -5.00. The molecule has 0 radical (unpaired) electrons. The molecule has 0 amide bonds. The molecule has 0 aliphatic carbocycles. The van der Waals surface area contributed by atoms with Gasteiger partial charge in [0, 0.05) is 17.2 Å². The summed E-state index contributed by atoms with van der Waals surface area (Å²) in [7, 11) is 1.39. The second-order valence-electron chi connectivity index (χ2n) is 5.58. The average molecular weight is 448 g/mol. The molecule has 3 nitrogen and oxygen atoms in total. The van der Waals surface area contributed by atoms with E-state index in [2.05, 4.69) is 9.71 Å². The van der Waals surface area contributed by atoms with E-state index < -0.39 is 34.9 Å². The number of ether oxygens (including phenoxy) is 1. The van der Waals surface area contributed by atoms with E-state index in [0.717, 1.165) is 11.9 Å². The highest BCUT2D eigenvalue weighted by molar-refractivity contribution is 8.00. The van der Waals surface area contributed by atoms with Crippen molar-refractivity contribution in [3.63, 3.8) is 0 Å². The van der Waals surface area contributed by atoms with Gasteiger partial charge in [0.05, 0.1) is 29.6 Å². The highest BCUT2D eigenvalue weighted by Crippen LogP contribution is 2.36. The normalized spacial score (nSPS) is 11.0. The Morgan fingerprint density at radius 3 is 2.30 bits per heavy atom. The van der Waals surface area contributed by atoms with Gasteiger partial charge in [-0.05, 0) is 36.2 Å². The number of H-pyrrole nitrogens is 1. The molecule has 0 aliphatic heterocycles. The third-order valence-electron chi connectivity index (χ3n) is 3.76. The minimum Gasteiger partial charge on any atom is -0.496 e. The van der Waals surface area contributed by atoms with Crippen LogP contribution in [0.4, 0.5) is 32.0 Å². The van der Waals surface area contributed by atoms with Crippen molar-refractivity contribution in [3.8, 4) is 17.0 Å². The maximum Gasteiger partial charge on any atom is 0.419 e. The number of aromatic amines is 1. The first-order chi connectivity index (χ1) is 14.2. The summed E-state index contributed by atoms with van der Waals surface area (Å²) < 4.78 is 86.9. The first kappa shape index (κ1) is 23.5. The Kier molecular flexibility index (Phi) is 7.71. The minimum absolute atomic E-state index is 0.0883. The molecule has 1 aromatic heterocycles. The van der Waals surface area contributed by atoms with Crippen molar-refractivity contribution in [1.82, 2.24) is 4.98 Å². The molecule has 0 bridgehead atoms. The zero-order valence-corrected chi connectivity index (χ0v) is 16.9. The fourth-order valence-electron chi connectivity index (χ4n) is 2.47. The molecule has 3 aromatic rings. The van der Waals surface area contributed by atoms with Crippen LogP contribution < -0.4 is 9.46 Å². The molecule has 2 N–H and O–H groups in total. The molecule has 0 saturated heterocycles. The summed E-state index contributed by atoms with van der Waals surface area (Å²) in [5.74, 6) is -3.08. The Bertz CT molecular complexity index is 1000. The van der Waals surface area contributed by atoms with Gasteiger partial charge in [0.1, 0.15) is 23.2 Å². The first-order valence-corrected chi connectivity index (χ1v) is 9.52. The molecule has 0 saturated carbocycles. The van der Waals surface area contributed by atoms with Gasteiger partial charge in [-0.25, -0.2) is 13.2 Å². The zero-order chi connectivity index (χ0) is 22.5. The highest BCUT2D eigenvalue weighted by atomic mass is 32.2. The number of methoxy groups -OCH3 is 1. The number of alkyl halides is 3. The molecule has 0 aliphatic rings. The number of nitrogens with one attached hydrogen (secondary N) is 2. The topological polar surface area (TPSA) is 37.0 Å². The Balaban J connectivity index is 0.00000155. The number of anilines is 1. The Morgan fingerprint density at radius 1 is 0.967 bits per heavy atom. The van der Waals surface area contributed by atoms with E-state index in [-0.39, 0.29) is 11.6 Å². The number of hydrogen-bond acceptors (Lipinski definition) is 3. The maximum atomic E-state index is 14.1. The van der Waals surface area contributed by atoms with Crippen LogP contribution in [0, 0.1) is 17.5 Å². The van der Waals surface area contributed by atoms with Gasteiger partial charge in [0.25, 0.3) is 0 Å². The summed E-state index contributed by atoms with van der Waals surface area (Å²) in [6.07, 6.45) is -3.53. The third kappa shape index (κ3) is 5.24. The van der Waals surface area contributed by atoms with E-state index in [1.165, 1.54) is 31.5 Å².